The number of carbonyl (C=O) groups is 2. The van der Waals surface area contributed by atoms with Crippen LogP contribution >= 0.6 is 0 Å². The Balaban J connectivity index is 2.17. The number of ketones is 1. The second kappa shape index (κ2) is 6.33. The molecule has 3 N–H and O–H groups in total. The second-order valence-corrected chi connectivity index (χ2v) is 4.99. The highest BCUT2D eigenvalue weighted by Gasteiger charge is 2.43. The molecule has 2 rings (SSSR count). The number of carbonyl (C=O) groups excluding carboxylic acids is 2. The lowest BCUT2D eigenvalue weighted by Gasteiger charge is -2.28. The summed E-state index contributed by atoms with van der Waals surface area (Å²) in [6.07, 6.45) is 2.02. The molecule has 1 saturated heterocycles. The number of rotatable bonds is 4. The third-order valence-corrected chi connectivity index (χ3v) is 3.44. The van der Waals surface area contributed by atoms with Crippen molar-refractivity contribution < 1.29 is 9.59 Å². The van der Waals surface area contributed by atoms with Crippen LogP contribution in [0, 0.1) is 18.3 Å². The van der Waals surface area contributed by atoms with Crippen molar-refractivity contribution in [3.8, 4) is 6.07 Å². The molecule has 0 unspecified atom stereocenters. The zero-order chi connectivity index (χ0) is 15.3. The zero-order valence-electron chi connectivity index (χ0n) is 11.8. The van der Waals surface area contributed by atoms with Crippen molar-refractivity contribution in [2.45, 2.75) is 18.9 Å². The Kier molecular flexibility index (Phi) is 4.50. The fourth-order valence-electron chi connectivity index (χ4n) is 2.31. The Morgan fingerprint density at radius 2 is 2.33 bits per heavy atom. The van der Waals surface area contributed by atoms with Crippen molar-refractivity contribution >= 4 is 11.8 Å². The highest BCUT2D eigenvalue weighted by atomic mass is 16.2. The lowest BCUT2D eigenvalue weighted by Crippen LogP contribution is -2.58. The van der Waals surface area contributed by atoms with Gasteiger partial charge in [-0.05, 0) is 32.0 Å². The van der Waals surface area contributed by atoms with Crippen molar-refractivity contribution in [1.29, 1.82) is 5.26 Å². The molecule has 1 aromatic heterocycles. The van der Waals surface area contributed by atoms with Crippen LogP contribution in [-0.2, 0) is 0 Å². The summed E-state index contributed by atoms with van der Waals surface area (Å²) in [7, 11) is 0. The number of hydrogen-bond acceptors (Lipinski definition) is 5. The summed E-state index contributed by atoms with van der Waals surface area (Å²) in [6, 6.07) is 4.77. The first-order valence-corrected chi connectivity index (χ1v) is 6.68. The second-order valence-electron chi connectivity index (χ2n) is 4.99. The average Bonchev–Trinajstić information content (AvgIpc) is 2.95. The molecular formula is C14H17N5O2. The van der Waals surface area contributed by atoms with Gasteiger partial charge >= 0.3 is 6.03 Å². The number of urea groups is 1. The first kappa shape index (κ1) is 14.9. The molecule has 0 spiro atoms. The van der Waals surface area contributed by atoms with Crippen LogP contribution in [0.1, 0.15) is 22.5 Å². The summed E-state index contributed by atoms with van der Waals surface area (Å²) in [5.41, 5.74) is 0.297. The van der Waals surface area contributed by atoms with Gasteiger partial charge < -0.3 is 16.0 Å². The molecule has 0 aromatic carbocycles. The normalized spacial score (nSPS) is 20.6. The minimum absolute atomic E-state index is 0.102. The summed E-state index contributed by atoms with van der Waals surface area (Å²) in [5, 5.41) is 16.7. The number of nitrogens with one attached hydrogen (secondary N) is 3. The van der Waals surface area contributed by atoms with Gasteiger partial charge in [0.15, 0.2) is 5.78 Å². The molecule has 1 aliphatic rings. The third-order valence-electron chi connectivity index (χ3n) is 3.44. The van der Waals surface area contributed by atoms with Crippen LogP contribution in [-0.4, -0.2) is 42.0 Å². The van der Waals surface area contributed by atoms with Gasteiger partial charge in [0.1, 0.15) is 12.1 Å². The van der Waals surface area contributed by atoms with Crippen LogP contribution in [0.3, 0.4) is 0 Å². The predicted octanol–water partition coefficient (Wildman–Crippen LogP) is 0.128. The first-order valence-electron chi connectivity index (χ1n) is 6.68. The maximum absolute atomic E-state index is 12.7. The summed E-state index contributed by atoms with van der Waals surface area (Å²) >= 11 is 0. The van der Waals surface area contributed by atoms with Crippen molar-refractivity contribution in [2.75, 3.05) is 19.6 Å². The molecule has 7 nitrogen and oxygen atoms in total. The zero-order valence-corrected chi connectivity index (χ0v) is 11.8. The minimum Gasteiger partial charge on any atom is -0.325 e. The standard InChI is InChI=1S/C14H17N5O2/c1-10-2-3-11(8-18-10)12(20)14(4-6-16-9-14)19-13(21)17-7-5-15/h2-3,8,16H,4,6-7,9H2,1H3,(H2,17,19,21)/t14-/m1/s1. The van der Waals surface area contributed by atoms with Crippen LogP contribution in [0.15, 0.2) is 18.3 Å². The van der Waals surface area contributed by atoms with E-state index in [1.165, 1.54) is 6.20 Å². The Bertz CT molecular complexity index is 570. The average molecular weight is 287 g/mol. The fraction of sp³-hybridized carbons (Fsp3) is 0.429. The molecule has 110 valence electrons. The SMILES string of the molecule is Cc1ccc(C(=O)[C@@]2(NC(=O)NCC#N)CCNC2)cn1. The largest absolute Gasteiger partial charge is 0.325 e. The highest BCUT2D eigenvalue weighted by molar-refractivity contribution is 6.05. The van der Waals surface area contributed by atoms with Crippen LogP contribution in [0.2, 0.25) is 0 Å². The lowest BCUT2D eigenvalue weighted by atomic mass is 9.89. The molecular weight excluding hydrogens is 270 g/mol. The summed E-state index contributed by atoms with van der Waals surface area (Å²) in [4.78, 5) is 28.6. The summed E-state index contributed by atoms with van der Waals surface area (Å²) in [6.45, 7) is 2.74. The van der Waals surface area contributed by atoms with Crippen LogP contribution in [0.4, 0.5) is 4.79 Å². The monoisotopic (exact) mass is 287 g/mol. The van der Waals surface area contributed by atoms with Gasteiger partial charge in [-0.3, -0.25) is 9.78 Å². The molecule has 2 heterocycles. The third kappa shape index (κ3) is 3.35. The molecule has 0 saturated carbocycles. The quantitative estimate of drug-likeness (QED) is 0.539. The van der Waals surface area contributed by atoms with E-state index < -0.39 is 11.6 Å². The number of nitrogens with zero attached hydrogens (tertiary/aromatic N) is 2. The van der Waals surface area contributed by atoms with Crippen molar-refractivity contribution in [3.63, 3.8) is 0 Å². The number of nitriles is 1. The molecule has 1 aromatic rings. The Labute approximate surface area is 122 Å². The molecule has 7 heteroatoms. The molecule has 2 amide bonds. The number of aryl methyl sites for hydroxylation is 1. The number of hydrogen-bond donors (Lipinski definition) is 3. The van der Waals surface area contributed by atoms with Gasteiger partial charge in [0.25, 0.3) is 0 Å². The van der Waals surface area contributed by atoms with Gasteiger partial charge in [-0.25, -0.2) is 4.79 Å². The van der Waals surface area contributed by atoms with Gasteiger partial charge in [0.2, 0.25) is 0 Å². The summed E-state index contributed by atoms with van der Waals surface area (Å²) < 4.78 is 0. The maximum Gasteiger partial charge on any atom is 0.316 e. The van der Waals surface area contributed by atoms with E-state index in [-0.39, 0.29) is 12.3 Å². The molecule has 0 radical (unpaired) electrons. The van der Waals surface area contributed by atoms with Crippen LogP contribution < -0.4 is 16.0 Å². The lowest BCUT2D eigenvalue weighted by molar-refractivity contribution is 0.0873. The van der Waals surface area contributed by atoms with Crippen molar-refractivity contribution in [2.24, 2.45) is 0 Å². The van der Waals surface area contributed by atoms with Gasteiger partial charge in [0, 0.05) is 24.0 Å². The van der Waals surface area contributed by atoms with Gasteiger partial charge in [-0.1, -0.05) is 0 Å². The number of amides is 2. The summed E-state index contributed by atoms with van der Waals surface area (Å²) in [5.74, 6) is -0.174. The van der Waals surface area contributed by atoms with E-state index in [0.717, 1.165) is 5.69 Å². The first-order chi connectivity index (χ1) is 10.1. The molecule has 1 aliphatic heterocycles. The highest BCUT2D eigenvalue weighted by Crippen LogP contribution is 2.20. The molecule has 1 fully saturated rings. The van der Waals surface area contributed by atoms with E-state index in [4.69, 9.17) is 5.26 Å². The predicted molar refractivity (Wildman–Crippen MR) is 75.7 cm³/mol. The molecule has 21 heavy (non-hydrogen) atoms. The number of aromatic nitrogens is 1. The smallest absolute Gasteiger partial charge is 0.316 e. The van der Waals surface area contributed by atoms with Crippen LogP contribution in [0.5, 0.6) is 0 Å². The maximum atomic E-state index is 12.7. The van der Waals surface area contributed by atoms with E-state index in [9.17, 15) is 9.59 Å². The van der Waals surface area contributed by atoms with E-state index in [1.807, 2.05) is 13.0 Å². The minimum atomic E-state index is -0.990. The molecule has 1 atom stereocenters. The Hall–Kier alpha value is -2.46. The van der Waals surface area contributed by atoms with E-state index in [0.29, 0.717) is 25.1 Å². The number of pyridine rings is 1. The van der Waals surface area contributed by atoms with Crippen molar-refractivity contribution in [3.05, 3.63) is 29.6 Å². The van der Waals surface area contributed by atoms with Gasteiger partial charge in [-0.2, -0.15) is 5.26 Å². The van der Waals surface area contributed by atoms with Crippen LogP contribution in [0.25, 0.3) is 0 Å². The van der Waals surface area contributed by atoms with Gasteiger partial charge in [0.05, 0.1) is 6.07 Å². The Morgan fingerprint density at radius 3 is 2.90 bits per heavy atom. The van der Waals surface area contributed by atoms with E-state index in [1.54, 1.807) is 12.1 Å². The Morgan fingerprint density at radius 1 is 1.52 bits per heavy atom. The fourth-order valence-corrected chi connectivity index (χ4v) is 2.31. The molecule has 0 bridgehead atoms. The van der Waals surface area contributed by atoms with Gasteiger partial charge in [-0.15, -0.1) is 0 Å². The topological polar surface area (TPSA) is 107 Å². The van der Waals surface area contributed by atoms with Crippen molar-refractivity contribution in [1.82, 2.24) is 20.9 Å². The van der Waals surface area contributed by atoms with E-state index >= 15 is 0 Å². The molecule has 0 aliphatic carbocycles. The number of Topliss-reactive ketones (excluding diaryl/α,β-unsaturated/α-hetero) is 1. The van der Waals surface area contributed by atoms with E-state index in [2.05, 4.69) is 20.9 Å².